The van der Waals surface area contributed by atoms with Crippen LogP contribution in [0.5, 0.6) is 0 Å². The molecule has 1 aliphatic heterocycles. The third-order valence-corrected chi connectivity index (χ3v) is 6.75. The molecule has 1 fully saturated rings. The Morgan fingerprint density at radius 2 is 1.68 bits per heavy atom. The summed E-state index contributed by atoms with van der Waals surface area (Å²) in [5.74, 6) is 2.82. The molecule has 0 saturated carbocycles. The minimum Gasteiger partial charge on any atom is -0.351 e. The van der Waals surface area contributed by atoms with Gasteiger partial charge in [-0.05, 0) is 35.3 Å². The molecule has 1 heterocycles. The first-order valence-corrected chi connectivity index (χ1v) is 16.3. The number of hydrogen-bond donors (Lipinski definition) is 4. The third kappa shape index (κ3) is 15.0. The van der Waals surface area contributed by atoms with Gasteiger partial charge in [0.2, 0.25) is 0 Å². The van der Waals surface area contributed by atoms with Crippen molar-refractivity contribution in [3.8, 4) is 0 Å². The average Bonchev–Trinajstić information content (AvgIpc) is 3.71. The van der Waals surface area contributed by atoms with Crippen LogP contribution in [0.2, 0.25) is 0 Å². The number of nitrogens with one attached hydrogen (secondary N) is 4. The summed E-state index contributed by atoms with van der Waals surface area (Å²) in [7, 11) is 0. The quantitative estimate of drug-likeness (QED) is 0.141. The van der Waals surface area contributed by atoms with Gasteiger partial charge in [-0.15, -0.1) is 0 Å². The van der Waals surface area contributed by atoms with Gasteiger partial charge in [-0.1, -0.05) is 54.5 Å². The smallest absolute Gasteiger partial charge is 0.315 e. The summed E-state index contributed by atoms with van der Waals surface area (Å²) >= 11 is 3.55. The summed E-state index contributed by atoms with van der Waals surface area (Å²) in [6.07, 6.45) is 2.20. The van der Waals surface area contributed by atoms with E-state index in [4.69, 9.17) is 4.74 Å². The van der Waals surface area contributed by atoms with E-state index in [-0.39, 0.29) is 48.2 Å². The van der Waals surface area contributed by atoms with E-state index in [1.54, 1.807) is 29.6 Å². The summed E-state index contributed by atoms with van der Waals surface area (Å²) < 4.78 is 5.79. The van der Waals surface area contributed by atoms with Gasteiger partial charge in [0.05, 0.1) is 0 Å². The standard InChI is InChI=1S/C24H38N4O4S2.2C2H6.4H2/c1-5-34-11-9-25-22(30)19-13-17(15-28-24(31)27-7-6-20(29)16(2)3)12-18(14-19)21-23(32-21)26-8-10-33-4;2*1-2;;;;/h12-14,16,21,23,26H,5-11,15H2,1-4H3,(H,25,30)(H2,27,28,31);2*1-2H3;4*1H. The van der Waals surface area contributed by atoms with Gasteiger partial charge in [0, 0.05) is 61.3 Å². The van der Waals surface area contributed by atoms with Crippen LogP contribution in [0.25, 0.3) is 0 Å². The van der Waals surface area contributed by atoms with Crippen molar-refractivity contribution in [1.82, 2.24) is 21.3 Å². The molecule has 2 rings (SSSR count). The van der Waals surface area contributed by atoms with E-state index in [0.717, 1.165) is 34.9 Å². The molecule has 226 valence electrons. The van der Waals surface area contributed by atoms with Gasteiger partial charge in [-0.25, -0.2) is 4.79 Å². The van der Waals surface area contributed by atoms with Crippen LogP contribution in [0, 0.1) is 5.92 Å². The van der Waals surface area contributed by atoms with Crippen molar-refractivity contribution in [2.45, 2.75) is 73.8 Å². The summed E-state index contributed by atoms with van der Waals surface area (Å²) in [5.41, 5.74) is 2.28. The SMILES string of the molecule is CC.CC.CCSCCNC(=O)c1cc(CNC(=O)NCCC(=O)C(C)C)cc(C2OC2NCCSC)c1.[HH].[HH].[HH].[HH]. The Bertz CT molecular complexity index is 843. The molecular formula is C28H58N4O4S2. The average molecular weight is 579 g/mol. The molecule has 1 aromatic rings. The lowest BCUT2D eigenvalue weighted by atomic mass is 10.0. The van der Waals surface area contributed by atoms with Crippen LogP contribution in [0.4, 0.5) is 4.79 Å². The van der Waals surface area contributed by atoms with Gasteiger partial charge < -0.3 is 20.7 Å². The number of Topliss-reactive ketones (excluding diaryl/α,β-unsaturated/α-hetero) is 1. The van der Waals surface area contributed by atoms with E-state index >= 15 is 0 Å². The second-order valence-corrected chi connectivity index (χ2v) is 10.7. The molecular weight excluding hydrogens is 520 g/mol. The normalized spacial score (nSPS) is 15.4. The molecule has 2 unspecified atom stereocenters. The number of rotatable bonds is 16. The molecule has 3 amide bonds. The van der Waals surface area contributed by atoms with Crippen LogP contribution < -0.4 is 21.3 Å². The van der Waals surface area contributed by atoms with Crippen molar-refractivity contribution in [1.29, 1.82) is 0 Å². The van der Waals surface area contributed by atoms with E-state index in [0.29, 0.717) is 25.1 Å². The van der Waals surface area contributed by atoms with Gasteiger partial charge in [-0.3, -0.25) is 14.9 Å². The predicted molar refractivity (Wildman–Crippen MR) is 172 cm³/mol. The largest absolute Gasteiger partial charge is 0.351 e. The summed E-state index contributed by atoms with van der Waals surface area (Å²) in [6.45, 7) is 15.8. The summed E-state index contributed by atoms with van der Waals surface area (Å²) in [5, 5.41) is 11.8. The molecule has 38 heavy (non-hydrogen) atoms. The number of carbonyl (C=O) groups is 3. The molecule has 1 saturated heterocycles. The molecule has 4 N–H and O–H groups in total. The minimum atomic E-state index is -0.344. The maximum Gasteiger partial charge on any atom is 0.315 e. The Hall–Kier alpha value is -1.75. The lowest BCUT2D eigenvalue weighted by Gasteiger charge is -2.12. The number of carbonyl (C=O) groups excluding carboxylic acids is 3. The number of ether oxygens (including phenoxy) is 1. The fourth-order valence-electron chi connectivity index (χ4n) is 3.26. The molecule has 2 atom stereocenters. The van der Waals surface area contributed by atoms with Crippen molar-refractivity contribution >= 4 is 41.2 Å². The number of benzene rings is 1. The van der Waals surface area contributed by atoms with E-state index in [9.17, 15) is 14.4 Å². The maximum atomic E-state index is 12.7. The van der Waals surface area contributed by atoms with Gasteiger partial charge >= 0.3 is 6.03 Å². The van der Waals surface area contributed by atoms with Crippen molar-refractivity contribution in [3.05, 3.63) is 34.9 Å². The fraction of sp³-hybridized carbons (Fsp3) is 0.679. The Morgan fingerprint density at radius 3 is 2.32 bits per heavy atom. The first-order valence-electron chi connectivity index (χ1n) is 13.8. The molecule has 0 aromatic heterocycles. The molecule has 0 spiro atoms. The number of ketones is 1. The van der Waals surface area contributed by atoms with E-state index in [2.05, 4.69) is 34.4 Å². The van der Waals surface area contributed by atoms with Crippen LogP contribution in [0.3, 0.4) is 0 Å². The Balaban J connectivity index is -0.000000546. The predicted octanol–water partition coefficient (Wildman–Crippen LogP) is 5.97. The second kappa shape index (κ2) is 22.1. The van der Waals surface area contributed by atoms with Gasteiger partial charge in [0.1, 0.15) is 18.1 Å². The fourth-order valence-corrected chi connectivity index (χ4v) is 4.11. The number of amides is 3. The van der Waals surface area contributed by atoms with Crippen LogP contribution in [0.15, 0.2) is 18.2 Å². The molecule has 0 radical (unpaired) electrons. The third-order valence-electron chi connectivity index (χ3n) is 5.24. The van der Waals surface area contributed by atoms with Crippen LogP contribution >= 0.6 is 23.5 Å². The van der Waals surface area contributed by atoms with Crippen molar-refractivity contribution < 1.29 is 24.8 Å². The Morgan fingerprint density at radius 1 is 0.974 bits per heavy atom. The van der Waals surface area contributed by atoms with Crippen molar-refractivity contribution in [3.63, 3.8) is 0 Å². The Kier molecular flexibility index (Phi) is 21.1. The highest BCUT2D eigenvalue weighted by molar-refractivity contribution is 7.99. The monoisotopic (exact) mass is 578 g/mol. The first kappa shape index (κ1) is 36.2. The molecule has 1 aromatic carbocycles. The first-order chi connectivity index (χ1) is 18.3. The highest BCUT2D eigenvalue weighted by atomic mass is 32.2. The molecule has 8 nitrogen and oxygen atoms in total. The number of thioether (sulfide) groups is 2. The number of urea groups is 1. The lowest BCUT2D eigenvalue weighted by Crippen LogP contribution is -2.36. The topological polar surface area (TPSA) is 112 Å². The van der Waals surface area contributed by atoms with Gasteiger partial charge in [0.15, 0.2) is 0 Å². The van der Waals surface area contributed by atoms with Crippen LogP contribution in [-0.2, 0) is 16.1 Å². The van der Waals surface area contributed by atoms with Crippen LogP contribution in [0.1, 0.15) is 88.2 Å². The van der Waals surface area contributed by atoms with Crippen molar-refractivity contribution in [2.75, 3.05) is 43.1 Å². The van der Waals surface area contributed by atoms with E-state index in [1.165, 1.54) is 0 Å². The van der Waals surface area contributed by atoms with E-state index < -0.39 is 0 Å². The molecule has 10 heteroatoms. The van der Waals surface area contributed by atoms with Gasteiger partial charge in [0.25, 0.3) is 5.91 Å². The van der Waals surface area contributed by atoms with Crippen molar-refractivity contribution in [2.24, 2.45) is 5.92 Å². The maximum absolute atomic E-state index is 12.7. The highest BCUT2D eigenvalue weighted by Crippen LogP contribution is 2.37. The van der Waals surface area contributed by atoms with Crippen LogP contribution in [-0.4, -0.2) is 67.1 Å². The molecule has 0 aliphatic carbocycles. The zero-order chi connectivity index (χ0) is 28.9. The zero-order valence-corrected chi connectivity index (χ0v) is 26.2. The summed E-state index contributed by atoms with van der Waals surface area (Å²) in [4.78, 5) is 36.6. The Labute approximate surface area is 244 Å². The number of epoxide rings is 1. The minimum absolute atomic E-state index is 0. The lowest BCUT2D eigenvalue weighted by molar-refractivity contribution is -0.121. The molecule has 0 bridgehead atoms. The van der Waals surface area contributed by atoms with Gasteiger partial charge in [-0.2, -0.15) is 23.5 Å². The zero-order valence-electron chi connectivity index (χ0n) is 24.6. The second-order valence-electron chi connectivity index (χ2n) is 8.32. The molecule has 1 aliphatic rings. The summed E-state index contributed by atoms with van der Waals surface area (Å²) in [6, 6.07) is 5.29. The highest BCUT2D eigenvalue weighted by Gasteiger charge is 2.40. The van der Waals surface area contributed by atoms with E-state index in [1.807, 2.05) is 53.7 Å². The number of hydrogen-bond acceptors (Lipinski definition) is 7.